The molecule has 26 heavy (non-hydrogen) atoms. The Kier molecular flexibility index (Phi) is 5.61. The first-order chi connectivity index (χ1) is 12.5. The summed E-state index contributed by atoms with van der Waals surface area (Å²) in [6.45, 7) is 2.78. The van der Waals surface area contributed by atoms with Crippen LogP contribution in [0.15, 0.2) is 36.5 Å². The molecule has 2 aromatic rings. The highest BCUT2D eigenvalue weighted by atomic mass is 19.1. The fourth-order valence-corrected chi connectivity index (χ4v) is 2.95. The van der Waals surface area contributed by atoms with E-state index in [1.54, 1.807) is 24.1 Å². The minimum atomic E-state index is -0.247. The van der Waals surface area contributed by atoms with E-state index >= 15 is 0 Å². The van der Waals surface area contributed by atoms with Gasteiger partial charge in [0, 0.05) is 32.1 Å². The van der Waals surface area contributed by atoms with Crippen LogP contribution in [0.4, 0.5) is 10.2 Å². The molecule has 1 fully saturated rings. The number of nitrogens with one attached hydrogen (secondary N) is 1. The Bertz CT molecular complexity index is 822. The molecule has 136 valence electrons. The number of carbonyl (C=O) groups is 2. The zero-order chi connectivity index (χ0) is 18.5. The smallest absolute Gasteiger partial charge is 0.228 e. The van der Waals surface area contributed by atoms with E-state index in [1.807, 2.05) is 18.2 Å². The van der Waals surface area contributed by atoms with Crippen molar-refractivity contribution in [2.45, 2.75) is 39.2 Å². The number of aryl methyl sites for hydroxylation is 2. The molecule has 1 aliphatic rings. The molecule has 0 atom stereocenters. The van der Waals surface area contributed by atoms with Crippen molar-refractivity contribution in [1.82, 2.24) is 10.3 Å². The van der Waals surface area contributed by atoms with Gasteiger partial charge < -0.3 is 5.32 Å². The first kappa shape index (κ1) is 18.0. The average molecular weight is 355 g/mol. The summed E-state index contributed by atoms with van der Waals surface area (Å²) in [6.07, 6.45) is 3.85. The zero-order valence-corrected chi connectivity index (χ0v) is 14.8. The molecule has 0 aliphatic carbocycles. The van der Waals surface area contributed by atoms with Crippen molar-refractivity contribution in [1.29, 1.82) is 0 Å². The summed E-state index contributed by atoms with van der Waals surface area (Å²) in [6, 6.07) is 8.69. The van der Waals surface area contributed by atoms with Gasteiger partial charge in [0.05, 0.1) is 0 Å². The van der Waals surface area contributed by atoms with Gasteiger partial charge in [-0.2, -0.15) is 0 Å². The predicted octanol–water partition coefficient (Wildman–Crippen LogP) is 2.90. The molecular formula is C20H22FN3O2. The van der Waals surface area contributed by atoms with Crippen molar-refractivity contribution in [2.24, 2.45) is 0 Å². The first-order valence-corrected chi connectivity index (χ1v) is 8.80. The van der Waals surface area contributed by atoms with Crippen LogP contribution in [-0.2, 0) is 22.6 Å². The Labute approximate surface area is 152 Å². The monoisotopic (exact) mass is 355 g/mol. The van der Waals surface area contributed by atoms with Gasteiger partial charge >= 0.3 is 0 Å². The van der Waals surface area contributed by atoms with E-state index in [2.05, 4.69) is 10.3 Å². The van der Waals surface area contributed by atoms with Crippen LogP contribution in [0.5, 0.6) is 0 Å². The Morgan fingerprint density at radius 1 is 1.27 bits per heavy atom. The van der Waals surface area contributed by atoms with Crippen LogP contribution in [0.2, 0.25) is 0 Å². The second-order valence-corrected chi connectivity index (χ2v) is 6.53. The van der Waals surface area contributed by atoms with E-state index in [0.29, 0.717) is 43.7 Å². The first-order valence-electron chi connectivity index (χ1n) is 8.80. The second kappa shape index (κ2) is 8.08. The molecule has 1 N–H and O–H groups in total. The summed E-state index contributed by atoms with van der Waals surface area (Å²) in [5.41, 5.74) is 2.30. The minimum Gasteiger partial charge on any atom is -0.352 e. The van der Waals surface area contributed by atoms with Gasteiger partial charge in [0.1, 0.15) is 11.6 Å². The van der Waals surface area contributed by atoms with E-state index < -0.39 is 0 Å². The Hall–Kier alpha value is -2.76. The third-order valence-electron chi connectivity index (χ3n) is 4.53. The molecule has 5 nitrogen and oxygen atoms in total. The molecule has 0 unspecified atom stereocenters. The summed E-state index contributed by atoms with van der Waals surface area (Å²) in [5.74, 6) is 0.378. The number of anilines is 1. The van der Waals surface area contributed by atoms with Gasteiger partial charge in [0.15, 0.2) is 0 Å². The predicted molar refractivity (Wildman–Crippen MR) is 97.1 cm³/mol. The molecule has 3 rings (SSSR count). The third-order valence-corrected chi connectivity index (χ3v) is 4.53. The molecule has 1 aromatic carbocycles. The maximum Gasteiger partial charge on any atom is 0.228 e. The van der Waals surface area contributed by atoms with Crippen molar-refractivity contribution < 1.29 is 14.0 Å². The molecule has 2 amide bonds. The number of halogens is 1. The maximum absolute atomic E-state index is 13.5. The summed E-state index contributed by atoms with van der Waals surface area (Å²) >= 11 is 0. The van der Waals surface area contributed by atoms with Crippen LogP contribution < -0.4 is 10.2 Å². The Morgan fingerprint density at radius 3 is 2.85 bits per heavy atom. The number of benzene rings is 1. The average Bonchev–Trinajstić information content (AvgIpc) is 3.07. The normalized spacial score (nSPS) is 13.9. The number of nitrogens with zero attached hydrogens (tertiary/aromatic N) is 2. The lowest BCUT2D eigenvalue weighted by Crippen LogP contribution is -2.26. The lowest BCUT2D eigenvalue weighted by atomic mass is 10.1. The lowest BCUT2D eigenvalue weighted by molar-refractivity contribution is -0.121. The number of hydrogen-bond donors (Lipinski definition) is 1. The third kappa shape index (κ3) is 4.45. The zero-order valence-electron chi connectivity index (χ0n) is 14.8. The number of amides is 2. The number of aromatic nitrogens is 1. The lowest BCUT2D eigenvalue weighted by Gasteiger charge is -2.15. The molecular weight excluding hydrogens is 333 g/mol. The Morgan fingerprint density at radius 2 is 2.12 bits per heavy atom. The number of hydrogen-bond acceptors (Lipinski definition) is 3. The van der Waals surface area contributed by atoms with E-state index in [-0.39, 0.29) is 17.6 Å². The van der Waals surface area contributed by atoms with E-state index in [9.17, 15) is 14.0 Å². The van der Waals surface area contributed by atoms with Crippen molar-refractivity contribution >= 4 is 17.6 Å². The molecule has 6 heteroatoms. The molecule has 0 spiro atoms. The summed E-state index contributed by atoms with van der Waals surface area (Å²) in [4.78, 5) is 29.8. The molecule has 0 radical (unpaired) electrons. The van der Waals surface area contributed by atoms with Gasteiger partial charge in [-0.1, -0.05) is 12.1 Å². The molecule has 0 bridgehead atoms. The van der Waals surface area contributed by atoms with E-state index in [4.69, 9.17) is 0 Å². The standard InChI is InChI=1S/C20H22FN3O2/c1-14-4-5-15(11-17(14)21)6-7-19(25)23-13-16-8-9-22-18(12-16)24-10-2-3-20(24)26/h4-5,8-9,11-12H,2-3,6-7,10,13H2,1H3,(H,23,25). The maximum atomic E-state index is 13.5. The number of pyridine rings is 1. The van der Waals surface area contributed by atoms with Crippen molar-refractivity contribution in [3.8, 4) is 0 Å². The van der Waals surface area contributed by atoms with Crippen LogP contribution >= 0.6 is 0 Å². The summed E-state index contributed by atoms with van der Waals surface area (Å²) in [7, 11) is 0. The van der Waals surface area contributed by atoms with Crippen LogP contribution in [0, 0.1) is 12.7 Å². The fourth-order valence-electron chi connectivity index (χ4n) is 2.95. The fraction of sp³-hybridized carbons (Fsp3) is 0.350. The van der Waals surface area contributed by atoms with Gasteiger partial charge in [0.2, 0.25) is 11.8 Å². The summed E-state index contributed by atoms with van der Waals surface area (Å²) < 4.78 is 13.5. The largest absolute Gasteiger partial charge is 0.352 e. The van der Waals surface area contributed by atoms with E-state index in [0.717, 1.165) is 17.5 Å². The molecule has 0 saturated carbocycles. The van der Waals surface area contributed by atoms with Crippen LogP contribution in [0.25, 0.3) is 0 Å². The highest BCUT2D eigenvalue weighted by Gasteiger charge is 2.22. The molecule has 1 saturated heterocycles. The van der Waals surface area contributed by atoms with Gasteiger partial charge in [-0.3, -0.25) is 14.5 Å². The Balaban J connectivity index is 1.51. The van der Waals surface area contributed by atoms with Crippen LogP contribution in [0.3, 0.4) is 0 Å². The van der Waals surface area contributed by atoms with Gasteiger partial charge in [-0.15, -0.1) is 0 Å². The highest BCUT2D eigenvalue weighted by Crippen LogP contribution is 2.19. The van der Waals surface area contributed by atoms with Gasteiger partial charge in [-0.25, -0.2) is 9.37 Å². The van der Waals surface area contributed by atoms with Crippen LogP contribution in [-0.4, -0.2) is 23.3 Å². The van der Waals surface area contributed by atoms with Crippen molar-refractivity contribution in [3.63, 3.8) is 0 Å². The van der Waals surface area contributed by atoms with E-state index in [1.165, 1.54) is 6.07 Å². The van der Waals surface area contributed by atoms with Crippen molar-refractivity contribution in [2.75, 3.05) is 11.4 Å². The summed E-state index contributed by atoms with van der Waals surface area (Å²) in [5, 5.41) is 2.86. The van der Waals surface area contributed by atoms with Gasteiger partial charge in [-0.05, 0) is 54.7 Å². The minimum absolute atomic E-state index is 0.0871. The van der Waals surface area contributed by atoms with Crippen LogP contribution in [0.1, 0.15) is 36.0 Å². The second-order valence-electron chi connectivity index (χ2n) is 6.53. The topological polar surface area (TPSA) is 62.3 Å². The number of carbonyl (C=O) groups excluding carboxylic acids is 2. The quantitative estimate of drug-likeness (QED) is 0.867. The highest BCUT2D eigenvalue weighted by molar-refractivity contribution is 5.94. The molecule has 1 aromatic heterocycles. The molecule has 2 heterocycles. The van der Waals surface area contributed by atoms with Gasteiger partial charge in [0.25, 0.3) is 0 Å². The van der Waals surface area contributed by atoms with Crippen molar-refractivity contribution in [3.05, 3.63) is 59.0 Å². The molecule has 1 aliphatic heterocycles. The number of rotatable bonds is 6. The SMILES string of the molecule is Cc1ccc(CCC(=O)NCc2ccnc(N3CCCC3=O)c2)cc1F.